The Balaban J connectivity index is 1.44. The van der Waals surface area contributed by atoms with E-state index in [4.69, 9.17) is 5.11 Å². The number of carbonyl (C=O) groups excluding carboxylic acids is 1. The minimum absolute atomic E-state index is 0.0778. The van der Waals surface area contributed by atoms with Gasteiger partial charge in [-0.05, 0) is 24.3 Å². The fourth-order valence-electron chi connectivity index (χ4n) is 3.02. The average molecular weight is 406 g/mol. The first-order valence-corrected chi connectivity index (χ1v) is 9.54. The van der Waals surface area contributed by atoms with Crippen molar-refractivity contribution in [3.8, 4) is 11.3 Å². The summed E-state index contributed by atoms with van der Waals surface area (Å²) in [5.41, 5.74) is 3.84. The molecule has 0 fully saturated rings. The number of aliphatic hydroxyl groups excluding tert-OH is 1. The SMILES string of the molecule is O=C(NCCNCCO)c1ccc(Nc2ncc(-c3cn[nH]c3)n3ccnc23)cc1. The van der Waals surface area contributed by atoms with Crippen LogP contribution in [0.3, 0.4) is 0 Å². The summed E-state index contributed by atoms with van der Waals surface area (Å²) >= 11 is 0. The lowest BCUT2D eigenvalue weighted by atomic mass is 10.2. The van der Waals surface area contributed by atoms with Crippen molar-refractivity contribution in [3.05, 3.63) is 60.8 Å². The molecule has 30 heavy (non-hydrogen) atoms. The molecule has 0 aliphatic carbocycles. The normalized spacial score (nSPS) is 11.0. The average Bonchev–Trinajstić information content (AvgIpc) is 3.47. The van der Waals surface area contributed by atoms with Crippen molar-refractivity contribution in [2.24, 2.45) is 0 Å². The number of aromatic amines is 1. The number of carbonyl (C=O) groups is 1. The zero-order valence-corrected chi connectivity index (χ0v) is 16.2. The lowest BCUT2D eigenvalue weighted by Gasteiger charge is -2.10. The quantitative estimate of drug-likeness (QED) is 0.264. The Morgan fingerprint density at radius 2 is 1.97 bits per heavy atom. The molecule has 0 radical (unpaired) electrons. The predicted molar refractivity (Wildman–Crippen MR) is 113 cm³/mol. The highest BCUT2D eigenvalue weighted by Gasteiger charge is 2.11. The number of fused-ring (bicyclic) bond motifs is 1. The van der Waals surface area contributed by atoms with Crippen LogP contribution in [0.2, 0.25) is 0 Å². The largest absolute Gasteiger partial charge is 0.395 e. The van der Waals surface area contributed by atoms with E-state index in [0.29, 0.717) is 36.7 Å². The first kappa shape index (κ1) is 19.6. The van der Waals surface area contributed by atoms with Crippen LogP contribution in [0.5, 0.6) is 0 Å². The summed E-state index contributed by atoms with van der Waals surface area (Å²) in [7, 11) is 0. The molecule has 10 heteroatoms. The summed E-state index contributed by atoms with van der Waals surface area (Å²) in [6.45, 7) is 1.68. The Morgan fingerprint density at radius 1 is 1.10 bits per heavy atom. The van der Waals surface area contributed by atoms with Gasteiger partial charge in [0.05, 0.1) is 24.7 Å². The molecule has 1 amide bonds. The molecule has 4 rings (SSSR count). The number of aliphatic hydroxyl groups is 1. The third kappa shape index (κ3) is 4.29. The van der Waals surface area contributed by atoms with Gasteiger partial charge in [-0.3, -0.25) is 14.3 Å². The summed E-state index contributed by atoms with van der Waals surface area (Å²) in [6.07, 6.45) is 8.88. The second-order valence-corrected chi connectivity index (χ2v) is 6.53. The van der Waals surface area contributed by atoms with E-state index >= 15 is 0 Å². The van der Waals surface area contributed by atoms with E-state index in [0.717, 1.165) is 16.9 Å². The van der Waals surface area contributed by atoms with Gasteiger partial charge in [-0.15, -0.1) is 0 Å². The molecule has 0 spiro atoms. The third-order valence-electron chi connectivity index (χ3n) is 4.51. The van der Waals surface area contributed by atoms with E-state index in [1.54, 1.807) is 36.9 Å². The van der Waals surface area contributed by atoms with E-state index < -0.39 is 0 Å². The number of imidazole rings is 1. The molecule has 0 aliphatic heterocycles. The van der Waals surface area contributed by atoms with Crippen LogP contribution < -0.4 is 16.0 Å². The highest BCUT2D eigenvalue weighted by molar-refractivity contribution is 5.94. The van der Waals surface area contributed by atoms with Crippen LogP contribution in [0, 0.1) is 0 Å². The summed E-state index contributed by atoms with van der Waals surface area (Å²) in [5.74, 6) is 0.463. The van der Waals surface area contributed by atoms with Crippen molar-refractivity contribution >= 4 is 23.1 Å². The second kappa shape index (κ2) is 9.16. The number of hydrogen-bond acceptors (Lipinski definition) is 7. The Bertz CT molecular complexity index is 1110. The Labute approximate surface area is 172 Å². The number of rotatable bonds is 9. The van der Waals surface area contributed by atoms with Crippen LogP contribution in [0.25, 0.3) is 16.9 Å². The molecular weight excluding hydrogens is 384 g/mol. The van der Waals surface area contributed by atoms with Crippen molar-refractivity contribution in [1.29, 1.82) is 0 Å². The summed E-state index contributed by atoms with van der Waals surface area (Å²) < 4.78 is 1.94. The number of nitrogens with one attached hydrogen (secondary N) is 4. The van der Waals surface area contributed by atoms with Gasteiger partial charge in [0.25, 0.3) is 5.91 Å². The molecule has 0 aliphatic rings. The minimum atomic E-state index is -0.148. The highest BCUT2D eigenvalue weighted by atomic mass is 16.3. The molecular formula is C20H22N8O2. The molecule has 3 heterocycles. The summed E-state index contributed by atoms with van der Waals surface area (Å²) in [4.78, 5) is 21.1. The molecule has 4 aromatic rings. The van der Waals surface area contributed by atoms with Gasteiger partial charge >= 0.3 is 0 Å². The number of H-pyrrole nitrogens is 1. The van der Waals surface area contributed by atoms with Gasteiger partial charge in [0, 0.05) is 55.0 Å². The van der Waals surface area contributed by atoms with Gasteiger partial charge in [0.15, 0.2) is 11.5 Å². The van der Waals surface area contributed by atoms with Gasteiger partial charge in [-0.2, -0.15) is 5.10 Å². The highest BCUT2D eigenvalue weighted by Crippen LogP contribution is 2.24. The van der Waals surface area contributed by atoms with Crippen molar-refractivity contribution in [3.63, 3.8) is 0 Å². The fourth-order valence-corrected chi connectivity index (χ4v) is 3.02. The van der Waals surface area contributed by atoms with Crippen molar-refractivity contribution in [1.82, 2.24) is 35.2 Å². The van der Waals surface area contributed by atoms with E-state index in [-0.39, 0.29) is 12.5 Å². The number of nitrogens with zero attached hydrogens (tertiary/aromatic N) is 4. The maximum absolute atomic E-state index is 12.2. The van der Waals surface area contributed by atoms with Gasteiger partial charge in [-0.1, -0.05) is 0 Å². The van der Waals surface area contributed by atoms with Gasteiger partial charge in [0.1, 0.15) is 0 Å². The minimum Gasteiger partial charge on any atom is -0.395 e. The lowest BCUT2D eigenvalue weighted by Crippen LogP contribution is -2.32. The summed E-state index contributed by atoms with van der Waals surface area (Å²) in [5, 5.41) is 24.6. The molecule has 10 nitrogen and oxygen atoms in total. The van der Waals surface area contributed by atoms with Crippen LogP contribution in [0.15, 0.2) is 55.2 Å². The standard InChI is InChI=1S/C20H22N8O2/c29-10-8-21-5-6-23-20(30)14-1-3-16(4-2-14)27-18-19-22-7-9-28(19)17(13-24-18)15-11-25-26-12-15/h1-4,7,9,11-13,21,29H,5-6,8,10H2,(H,23,30)(H,24,27)(H,25,26). The number of aromatic nitrogens is 5. The predicted octanol–water partition coefficient (Wildman–Crippen LogP) is 1.17. The van der Waals surface area contributed by atoms with E-state index in [1.165, 1.54) is 0 Å². The molecule has 1 aromatic carbocycles. The molecule has 0 atom stereocenters. The van der Waals surface area contributed by atoms with Crippen LogP contribution in [0.1, 0.15) is 10.4 Å². The van der Waals surface area contributed by atoms with E-state index in [9.17, 15) is 4.79 Å². The Morgan fingerprint density at radius 3 is 2.73 bits per heavy atom. The molecule has 0 bridgehead atoms. The maximum atomic E-state index is 12.2. The van der Waals surface area contributed by atoms with Gasteiger partial charge < -0.3 is 21.1 Å². The van der Waals surface area contributed by atoms with Gasteiger partial charge in [0.2, 0.25) is 0 Å². The number of amides is 1. The molecule has 0 saturated heterocycles. The first-order chi connectivity index (χ1) is 14.8. The number of benzene rings is 1. The zero-order valence-electron chi connectivity index (χ0n) is 16.2. The van der Waals surface area contributed by atoms with Crippen molar-refractivity contribution in [2.45, 2.75) is 0 Å². The van der Waals surface area contributed by atoms with Crippen LogP contribution in [0.4, 0.5) is 11.5 Å². The van der Waals surface area contributed by atoms with Crippen molar-refractivity contribution in [2.75, 3.05) is 31.6 Å². The monoisotopic (exact) mass is 406 g/mol. The second-order valence-electron chi connectivity index (χ2n) is 6.53. The lowest BCUT2D eigenvalue weighted by molar-refractivity contribution is 0.0954. The van der Waals surface area contributed by atoms with Crippen LogP contribution in [-0.4, -0.2) is 61.8 Å². The molecule has 0 unspecified atom stereocenters. The first-order valence-electron chi connectivity index (χ1n) is 9.54. The molecule has 5 N–H and O–H groups in total. The Kier molecular flexibility index (Phi) is 5.97. The van der Waals surface area contributed by atoms with Crippen molar-refractivity contribution < 1.29 is 9.90 Å². The number of hydrogen-bond donors (Lipinski definition) is 5. The molecule has 154 valence electrons. The maximum Gasteiger partial charge on any atom is 0.251 e. The van der Waals surface area contributed by atoms with E-state index in [1.807, 2.05) is 22.7 Å². The van der Waals surface area contributed by atoms with Crippen LogP contribution in [-0.2, 0) is 0 Å². The third-order valence-corrected chi connectivity index (χ3v) is 4.51. The zero-order chi connectivity index (χ0) is 20.8. The van der Waals surface area contributed by atoms with Gasteiger partial charge in [-0.25, -0.2) is 9.97 Å². The molecule has 3 aromatic heterocycles. The topological polar surface area (TPSA) is 132 Å². The summed E-state index contributed by atoms with van der Waals surface area (Å²) in [6, 6.07) is 7.15. The van der Waals surface area contributed by atoms with E-state index in [2.05, 4.69) is 36.1 Å². The molecule has 0 saturated carbocycles. The Hall–Kier alpha value is -3.76. The van der Waals surface area contributed by atoms with Crippen LogP contribution >= 0.6 is 0 Å². The number of anilines is 2. The fraction of sp³-hybridized carbons (Fsp3) is 0.200. The smallest absolute Gasteiger partial charge is 0.251 e.